The molecular weight excluding hydrogens is 320 g/mol. The van der Waals surface area contributed by atoms with Crippen LogP contribution in [0.2, 0.25) is 5.02 Å². The van der Waals surface area contributed by atoms with Crippen molar-refractivity contribution < 1.29 is 9.47 Å². The van der Waals surface area contributed by atoms with Gasteiger partial charge in [0.1, 0.15) is 0 Å². The Morgan fingerprint density at radius 1 is 1.41 bits per heavy atom. The van der Waals surface area contributed by atoms with Gasteiger partial charge < -0.3 is 15.2 Å². The number of halogens is 1. The van der Waals surface area contributed by atoms with Crippen molar-refractivity contribution in [3.05, 3.63) is 39.3 Å². The largest absolute Gasteiger partial charge is 0.493 e. The molecule has 2 aromatic rings. The van der Waals surface area contributed by atoms with Crippen LogP contribution in [0.1, 0.15) is 29.8 Å². The number of aromatic nitrogens is 1. The third-order valence-corrected chi connectivity index (χ3v) is 4.53. The van der Waals surface area contributed by atoms with Gasteiger partial charge in [-0.25, -0.2) is 4.98 Å². The van der Waals surface area contributed by atoms with E-state index in [1.165, 1.54) is 0 Å². The van der Waals surface area contributed by atoms with E-state index in [1.54, 1.807) is 24.6 Å². The quantitative estimate of drug-likeness (QED) is 0.792. The van der Waals surface area contributed by atoms with Crippen molar-refractivity contribution in [2.75, 3.05) is 20.3 Å². The van der Waals surface area contributed by atoms with Gasteiger partial charge in [0.2, 0.25) is 0 Å². The van der Waals surface area contributed by atoms with Crippen LogP contribution >= 0.6 is 22.9 Å². The third-order valence-electron chi connectivity index (χ3n) is 3.31. The van der Waals surface area contributed by atoms with Crippen LogP contribution in [0.3, 0.4) is 0 Å². The van der Waals surface area contributed by atoms with Gasteiger partial charge in [0, 0.05) is 24.0 Å². The maximum Gasteiger partial charge on any atom is 0.179 e. The van der Waals surface area contributed by atoms with Crippen molar-refractivity contribution >= 4 is 22.9 Å². The van der Waals surface area contributed by atoms with Crippen LogP contribution in [0, 0.1) is 0 Å². The highest BCUT2D eigenvalue weighted by Gasteiger charge is 2.17. The van der Waals surface area contributed by atoms with E-state index in [-0.39, 0.29) is 5.92 Å². The van der Waals surface area contributed by atoms with E-state index in [2.05, 4.69) is 11.9 Å². The molecule has 1 unspecified atom stereocenters. The maximum atomic E-state index is 6.35. The van der Waals surface area contributed by atoms with Crippen LogP contribution in [0.4, 0.5) is 0 Å². The third kappa shape index (κ3) is 4.12. The molecule has 0 bridgehead atoms. The topological polar surface area (TPSA) is 57.4 Å². The molecule has 1 atom stereocenters. The Labute approximate surface area is 140 Å². The molecule has 22 heavy (non-hydrogen) atoms. The van der Waals surface area contributed by atoms with E-state index in [9.17, 15) is 0 Å². The van der Waals surface area contributed by atoms with Gasteiger partial charge >= 0.3 is 0 Å². The molecule has 1 heterocycles. The number of methoxy groups -OCH3 is 1. The summed E-state index contributed by atoms with van der Waals surface area (Å²) in [7, 11) is 1.62. The molecule has 6 heteroatoms. The molecule has 0 radical (unpaired) electrons. The molecule has 0 spiro atoms. The Kier molecular flexibility index (Phi) is 6.49. The fourth-order valence-corrected chi connectivity index (χ4v) is 3.27. The molecule has 0 aliphatic carbocycles. The van der Waals surface area contributed by atoms with Crippen LogP contribution < -0.4 is 15.2 Å². The van der Waals surface area contributed by atoms with Crippen molar-refractivity contribution in [3.63, 3.8) is 0 Å². The smallest absolute Gasteiger partial charge is 0.179 e. The molecule has 1 aromatic carbocycles. The summed E-state index contributed by atoms with van der Waals surface area (Å²) < 4.78 is 11.1. The lowest BCUT2D eigenvalue weighted by atomic mass is 9.99. The molecule has 4 nitrogen and oxygen atoms in total. The maximum absolute atomic E-state index is 6.35. The molecule has 0 fully saturated rings. The second kappa shape index (κ2) is 8.36. The number of hydrogen-bond donors (Lipinski definition) is 1. The first-order valence-corrected chi connectivity index (χ1v) is 8.54. The molecule has 0 aliphatic rings. The van der Waals surface area contributed by atoms with Gasteiger partial charge in [-0.3, -0.25) is 0 Å². The summed E-state index contributed by atoms with van der Waals surface area (Å²) in [4.78, 5) is 4.36. The Balaban J connectivity index is 2.22. The molecule has 120 valence electrons. The molecule has 0 saturated heterocycles. The Hall–Kier alpha value is -1.30. The molecule has 0 aliphatic heterocycles. The Morgan fingerprint density at radius 2 is 2.23 bits per heavy atom. The van der Waals surface area contributed by atoms with E-state index in [4.69, 9.17) is 26.8 Å². The van der Waals surface area contributed by atoms with Gasteiger partial charge in [-0.15, -0.1) is 11.3 Å². The Bertz CT molecular complexity index is 590. The molecule has 1 aromatic heterocycles. The van der Waals surface area contributed by atoms with Crippen LogP contribution in [-0.4, -0.2) is 25.2 Å². The first-order valence-electron chi connectivity index (χ1n) is 7.28. The second-order valence-electron chi connectivity index (χ2n) is 4.96. The summed E-state index contributed by atoms with van der Waals surface area (Å²) in [6.45, 7) is 3.20. The average Bonchev–Trinajstić information content (AvgIpc) is 3.05. The minimum absolute atomic E-state index is 0.184. The number of rotatable bonds is 8. The zero-order valence-corrected chi connectivity index (χ0v) is 14.4. The number of hydrogen-bond acceptors (Lipinski definition) is 5. The van der Waals surface area contributed by atoms with E-state index in [0.29, 0.717) is 29.7 Å². The predicted octanol–water partition coefficient (Wildman–Crippen LogP) is 3.88. The second-order valence-corrected chi connectivity index (χ2v) is 6.30. The lowest BCUT2D eigenvalue weighted by Crippen LogP contribution is -2.15. The minimum atomic E-state index is 0.184. The number of thiazole rings is 1. The molecular formula is C16H21ClN2O2S. The number of nitrogens with two attached hydrogens (primary N) is 1. The summed E-state index contributed by atoms with van der Waals surface area (Å²) in [5.41, 5.74) is 6.96. The number of benzene rings is 1. The van der Waals surface area contributed by atoms with E-state index >= 15 is 0 Å². The van der Waals surface area contributed by atoms with E-state index < -0.39 is 0 Å². The van der Waals surface area contributed by atoms with Crippen molar-refractivity contribution in [1.82, 2.24) is 4.98 Å². The predicted molar refractivity (Wildman–Crippen MR) is 91.4 cm³/mol. The van der Waals surface area contributed by atoms with Crippen molar-refractivity contribution in [2.24, 2.45) is 5.73 Å². The number of ether oxygens (including phenoxy) is 2. The van der Waals surface area contributed by atoms with Gasteiger partial charge in [0.05, 0.1) is 23.7 Å². The first-order chi connectivity index (χ1) is 10.7. The summed E-state index contributed by atoms with van der Waals surface area (Å²) in [5.74, 6) is 1.45. The summed E-state index contributed by atoms with van der Waals surface area (Å²) >= 11 is 7.97. The number of nitrogens with zero attached hydrogens (tertiary/aromatic N) is 1. The minimum Gasteiger partial charge on any atom is -0.493 e. The van der Waals surface area contributed by atoms with Crippen LogP contribution in [-0.2, 0) is 6.42 Å². The first kappa shape index (κ1) is 17.1. The van der Waals surface area contributed by atoms with Crippen molar-refractivity contribution in [2.45, 2.75) is 25.7 Å². The summed E-state index contributed by atoms with van der Waals surface area (Å²) in [6.07, 6.45) is 3.49. The molecule has 0 saturated carbocycles. The summed E-state index contributed by atoms with van der Waals surface area (Å²) in [5, 5.41) is 3.58. The van der Waals surface area contributed by atoms with E-state index in [1.807, 2.05) is 17.5 Å². The lowest BCUT2D eigenvalue weighted by molar-refractivity contribution is 0.294. The zero-order chi connectivity index (χ0) is 15.9. The van der Waals surface area contributed by atoms with Gasteiger partial charge in [-0.05, 0) is 30.5 Å². The van der Waals surface area contributed by atoms with Crippen molar-refractivity contribution in [1.29, 1.82) is 0 Å². The normalized spacial score (nSPS) is 12.2. The standard InChI is InChI=1S/C16H21ClN2O2S/c1-3-5-21-15-13(17)8-11(9-14(15)20-2)7-12(10-18)16-19-4-6-22-16/h4,6,8-9,12H,3,5,7,10,18H2,1-2H3. The average molecular weight is 341 g/mol. The summed E-state index contributed by atoms with van der Waals surface area (Å²) in [6, 6.07) is 3.89. The lowest BCUT2D eigenvalue weighted by Gasteiger charge is -2.16. The molecule has 0 amide bonds. The van der Waals surface area contributed by atoms with Gasteiger partial charge in [-0.2, -0.15) is 0 Å². The Morgan fingerprint density at radius 3 is 2.82 bits per heavy atom. The highest BCUT2D eigenvalue weighted by Crippen LogP contribution is 2.37. The fraction of sp³-hybridized carbons (Fsp3) is 0.438. The van der Waals surface area contributed by atoms with Gasteiger partial charge in [-0.1, -0.05) is 18.5 Å². The SMILES string of the molecule is CCCOc1c(Cl)cc(CC(CN)c2nccs2)cc1OC. The van der Waals surface area contributed by atoms with Crippen LogP contribution in [0.15, 0.2) is 23.7 Å². The molecule has 2 rings (SSSR count). The van der Waals surface area contributed by atoms with Gasteiger partial charge in [0.15, 0.2) is 11.5 Å². The van der Waals surface area contributed by atoms with Crippen LogP contribution in [0.5, 0.6) is 11.5 Å². The zero-order valence-electron chi connectivity index (χ0n) is 12.8. The fourth-order valence-electron chi connectivity index (χ4n) is 2.23. The molecule has 2 N–H and O–H groups in total. The highest BCUT2D eigenvalue weighted by atomic mass is 35.5. The van der Waals surface area contributed by atoms with E-state index in [0.717, 1.165) is 23.4 Å². The monoisotopic (exact) mass is 340 g/mol. The van der Waals surface area contributed by atoms with Crippen LogP contribution in [0.25, 0.3) is 0 Å². The van der Waals surface area contributed by atoms with Gasteiger partial charge in [0.25, 0.3) is 0 Å². The van der Waals surface area contributed by atoms with Crippen molar-refractivity contribution in [3.8, 4) is 11.5 Å². The highest BCUT2D eigenvalue weighted by molar-refractivity contribution is 7.09.